The Hall–Kier alpha value is -1.36. The van der Waals surface area contributed by atoms with Crippen LogP contribution in [0, 0.1) is 11.6 Å². The molecule has 0 unspecified atom stereocenters. The summed E-state index contributed by atoms with van der Waals surface area (Å²) in [7, 11) is 0. The molecule has 0 fully saturated rings. The molecule has 1 heterocycles. The predicted octanol–water partition coefficient (Wildman–Crippen LogP) is 4.06. The van der Waals surface area contributed by atoms with Crippen molar-refractivity contribution in [3.63, 3.8) is 0 Å². The van der Waals surface area contributed by atoms with Crippen molar-refractivity contribution in [1.29, 1.82) is 0 Å². The predicted molar refractivity (Wildman–Crippen MR) is 56.0 cm³/mol. The fraction of sp³-hybridized carbons (Fsp3) is 0. The Kier molecular flexibility index (Phi) is 2.73. The third-order valence-electron chi connectivity index (χ3n) is 1.81. The zero-order valence-corrected chi connectivity index (χ0v) is 9.01. The highest BCUT2D eigenvalue weighted by molar-refractivity contribution is 9.10. The Morgan fingerprint density at radius 1 is 1.20 bits per heavy atom. The van der Waals surface area contributed by atoms with Gasteiger partial charge in [0.25, 0.3) is 0 Å². The number of benzene rings is 1. The highest BCUT2D eigenvalue weighted by atomic mass is 79.9. The molecule has 0 aliphatic carbocycles. The van der Waals surface area contributed by atoms with Gasteiger partial charge >= 0.3 is 0 Å². The largest absolute Gasteiger partial charge is 0.470 e. The molecule has 0 aliphatic rings. The molecule has 0 amide bonds. The third kappa shape index (κ3) is 2.18. The summed E-state index contributed by atoms with van der Waals surface area (Å²) in [4.78, 5) is 0. The second-order valence-electron chi connectivity index (χ2n) is 2.88. The Morgan fingerprint density at radius 2 is 2.00 bits per heavy atom. The number of rotatable bonds is 2. The molecule has 1 aromatic heterocycles. The number of nitrogens with one attached hydrogen (secondary N) is 1. The van der Waals surface area contributed by atoms with E-state index in [9.17, 15) is 8.78 Å². The SMILES string of the molecule is Fc1cc(Nc2ccoc2)c(F)cc1Br. The molecular weight excluding hydrogens is 268 g/mol. The second-order valence-corrected chi connectivity index (χ2v) is 3.74. The van der Waals surface area contributed by atoms with E-state index >= 15 is 0 Å². The van der Waals surface area contributed by atoms with Crippen LogP contribution in [-0.2, 0) is 0 Å². The van der Waals surface area contributed by atoms with Gasteiger partial charge in [-0.2, -0.15) is 0 Å². The molecule has 2 rings (SSSR count). The van der Waals surface area contributed by atoms with Gasteiger partial charge in [-0.15, -0.1) is 0 Å². The van der Waals surface area contributed by atoms with Crippen molar-refractivity contribution in [3.05, 3.63) is 46.8 Å². The minimum atomic E-state index is -0.538. The van der Waals surface area contributed by atoms with Gasteiger partial charge in [0.05, 0.1) is 22.1 Å². The van der Waals surface area contributed by atoms with Gasteiger partial charge in [-0.25, -0.2) is 8.78 Å². The van der Waals surface area contributed by atoms with E-state index in [-0.39, 0.29) is 10.2 Å². The van der Waals surface area contributed by atoms with E-state index in [1.807, 2.05) is 0 Å². The van der Waals surface area contributed by atoms with Gasteiger partial charge in [-0.05, 0) is 28.1 Å². The first kappa shape index (κ1) is 10.2. The molecule has 1 aromatic carbocycles. The summed E-state index contributed by atoms with van der Waals surface area (Å²) in [6.07, 6.45) is 2.84. The van der Waals surface area contributed by atoms with Gasteiger partial charge in [-0.1, -0.05) is 0 Å². The Balaban J connectivity index is 2.33. The molecular formula is C10H6BrF2NO. The summed E-state index contributed by atoms with van der Waals surface area (Å²) in [5, 5.41) is 2.69. The fourth-order valence-electron chi connectivity index (χ4n) is 1.11. The van der Waals surface area contributed by atoms with Crippen molar-refractivity contribution in [2.45, 2.75) is 0 Å². The summed E-state index contributed by atoms with van der Waals surface area (Å²) in [5.74, 6) is -1.06. The van der Waals surface area contributed by atoms with Gasteiger partial charge in [0.15, 0.2) is 0 Å². The maximum absolute atomic E-state index is 13.3. The quantitative estimate of drug-likeness (QED) is 0.835. The summed E-state index contributed by atoms with van der Waals surface area (Å²) in [5.41, 5.74) is 0.632. The van der Waals surface area contributed by atoms with Crippen LogP contribution in [0.2, 0.25) is 0 Å². The first-order valence-electron chi connectivity index (χ1n) is 4.10. The molecule has 0 atom stereocenters. The van der Waals surface area contributed by atoms with Crippen molar-refractivity contribution in [1.82, 2.24) is 0 Å². The van der Waals surface area contributed by atoms with Crippen LogP contribution < -0.4 is 5.32 Å². The van der Waals surface area contributed by atoms with Crippen LogP contribution in [-0.4, -0.2) is 0 Å². The lowest BCUT2D eigenvalue weighted by Gasteiger charge is -2.05. The highest BCUT2D eigenvalue weighted by Crippen LogP contribution is 2.26. The molecule has 0 aliphatic heterocycles. The van der Waals surface area contributed by atoms with Crippen LogP contribution in [0.1, 0.15) is 0 Å². The van der Waals surface area contributed by atoms with Gasteiger partial charge in [0.1, 0.15) is 17.9 Å². The van der Waals surface area contributed by atoms with Gasteiger partial charge in [0.2, 0.25) is 0 Å². The van der Waals surface area contributed by atoms with Crippen molar-refractivity contribution < 1.29 is 13.2 Å². The molecule has 5 heteroatoms. The zero-order valence-electron chi connectivity index (χ0n) is 7.43. The van der Waals surface area contributed by atoms with E-state index in [0.29, 0.717) is 5.69 Å². The zero-order chi connectivity index (χ0) is 10.8. The topological polar surface area (TPSA) is 25.2 Å². The monoisotopic (exact) mass is 273 g/mol. The van der Waals surface area contributed by atoms with Crippen LogP contribution in [0.4, 0.5) is 20.2 Å². The standard InChI is InChI=1S/C10H6BrF2NO/c11-7-3-9(13)10(4-8(7)12)14-6-1-2-15-5-6/h1-5,14H. The minimum Gasteiger partial charge on any atom is -0.470 e. The van der Waals surface area contributed by atoms with E-state index in [1.165, 1.54) is 12.5 Å². The van der Waals surface area contributed by atoms with Crippen molar-refractivity contribution in [2.24, 2.45) is 0 Å². The molecule has 0 saturated carbocycles. The Morgan fingerprint density at radius 3 is 2.67 bits per heavy atom. The van der Waals surface area contributed by atoms with E-state index < -0.39 is 11.6 Å². The number of anilines is 2. The van der Waals surface area contributed by atoms with E-state index in [4.69, 9.17) is 4.42 Å². The lowest BCUT2D eigenvalue weighted by molar-refractivity contribution is 0.568. The molecule has 78 valence electrons. The van der Waals surface area contributed by atoms with Crippen LogP contribution >= 0.6 is 15.9 Å². The molecule has 0 saturated heterocycles. The van der Waals surface area contributed by atoms with Crippen molar-refractivity contribution in [2.75, 3.05) is 5.32 Å². The van der Waals surface area contributed by atoms with E-state index in [0.717, 1.165) is 12.1 Å². The average Bonchev–Trinajstić information content (AvgIpc) is 2.67. The minimum absolute atomic E-state index is 0.0668. The van der Waals surface area contributed by atoms with Gasteiger partial charge in [-0.3, -0.25) is 0 Å². The molecule has 0 spiro atoms. The normalized spacial score (nSPS) is 10.3. The fourth-order valence-corrected chi connectivity index (χ4v) is 1.42. The molecule has 0 radical (unpaired) electrons. The maximum atomic E-state index is 13.3. The first-order chi connectivity index (χ1) is 7.16. The highest BCUT2D eigenvalue weighted by Gasteiger charge is 2.08. The van der Waals surface area contributed by atoms with Gasteiger partial charge < -0.3 is 9.73 Å². The number of furan rings is 1. The van der Waals surface area contributed by atoms with Crippen molar-refractivity contribution >= 4 is 27.3 Å². The van der Waals surface area contributed by atoms with Crippen molar-refractivity contribution in [3.8, 4) is 0 Å². The maximum Gasteiger partial charge on any atom is 0.147 e. The summed E-state index contributed by atoms with van der Waals surface area (Å²) >= 11 is 2.90. The van der Waals surface area contributed by atoms with Crippen LogP contribution in [0.15, 0.2) is 39.6 Å². The lowest BCUT2D eigenvalue weighted by Crippen LogP contribution is -1.94. The third-order valence-corrected chi connectivity index (χ3v) is 2.42. The van der Waals surface area contributed by atoms with E-state index in [2.05, 4.69) is 21.2 Å². The summed E-state index contributed by atoms with van der Waals surface area (Å²) < 4.78 is 31.3. The molecule has 2 nitrogen and oxygen atoms in total. The smallest absolute Gasteiger partial charge is 0.147 e. The molecule has 15 heavy (non-hydrogen) atoms. The molecule has 0 bridgehead atoms. The number of hydrogen-bond donors (Lipinski definition) is 1. The Labute approximate surface area is 93.0 Å². The average molecular weight is 274 g/mol. The number of halogens is 3. The number of hydrogen-bond acceptors (Lipinski definition) is 2. The van der Waals surface area contributed by atoms with Gasteiger partial charge in [0, 0.05) is 6.07 Å². The first-order valence-corrected chi connectivity index (χ1v) is 4.90. The summed E-state index contributed by atoms with van der Waals surface area (Å²) in [6, 6.07) is 3.75. The molecule has 1 N–H and O–H groups in total. The molecule has 2 aromatic rings. The van der Waals surface area contributed by atoms with Crippen LogP contribution in [0.5, 0.6) is 0 Å². The van der Waals surface area contributed by atoms with E-state index in [1.54, 1.807) is 6.07 Å². The van der Waals surface area contributed by atoms with Crippen LogP contribution in [0.25, 0.3) is 0 Å². The lowest BCUT2D eigenvalue weighted by atomic mass is 10.3. The van der Waals surface area contributed by atoms with Crippen LogP contribution in [0.3, 0.4) is 0 Å². The second kappa shape index (κ2) is 4.02. The Bertz CT molecular complexity index is 471. The summed E-state index contributed by atoms with van der Waals surface area (Å²) in [6.45, 7) is 0.